The topological polar surface area (TPSA) is 70.4 Å². The largest absolute Gasteiger partial charge is 0.493 e. The van der Waals surface area contributed by atoms with Crippen LogP contribution in [-0.4, -0.2) is 47.8 Å². The van der Waals surface area contributed by atoms with Crippen molar-refractivity contribution in [2.75, 3.05) is 38.9 Å². The van der Waals surface area contributed by atoms with Crippen molar-refractivity contribution in [1.29, 1.82) is 0 Å². The maximum atomic E-state index is 5.14. The number of hydrogen-bond acceptors (Lipinski definition) is 7. The predicted molar refractivity (Wildman–Crippen MR) is 131 cm³/mol. The van der Waals surface area contributed by atoms with E-state index in [1.807, 2.05) is 60.4 Å². The fourth-order valence-electron chi connectivity index (χ4n) is 2.49. The zero-order valence-corrected chi connectivity index (χ0v) is 20.3. The number of ether oxygens (including phenoxy) is 3. The molecule has 0 bridgehead atoms. The van der Waals surface area contributed by atoms with Gasteiger partial charge in [0.2, 0.25) is 5.88 Å². The van der Waals surface area contributed by atoms with Gasteiger partial charge in [-0.3, -0.25) is 0 Å². The summed E-state index contributed by atoms with van der Waals surface area (Å²) >= 11 is 1.66. The van der Waals surface area contributed by atoms with Crippen molar-refractivity contribution in [3.05, 3.63) is 48.7 Å². The molecule has 0 radical (unpaired) electrons. The number of nitrogens with zero attached hydrogens (tertiary/aromatic N) is 3. The number of nitrogens with one attached hydrogen (secondary N) is 1. The molecule has 7 nitrogen and oxygen atoms in total. The van der Waals surface area contributed by atoms with E-state index < -0.39 is 0 Å². The number of anilines is 1. The molecule has 2 heterocycles. The average molecular weight is 447 g/mol. The molecule has 8 heteroatoms. The van der Waals surface area contributed by atoms with Gasteiger partial charge in [0.25, 0.3) is 0 Å². The van der Waals surface area contributed by atoms with Crippen LogP contribution < -0.4 is 19.5 Å². The van der Waals surface area contributed by atoms with E-state index in [-0.39, 0.29) is 0 Å². The SMILES string of the molecule is CC.CCNc1cc(-c2ccnc(OC)c2)nn1SCC.COc1ccccc1OC. The Morgan fingerprint density at radius 2 is 1.58 bits per heavy atom. The lowest BCUT2D eigenvalue weighted by molar-refractivity contribution is 0.355. The van der Waals surface area contributed by atoms with Crippen LogP contribution >= 0.6 is 11.9 Å². The van der Waals surface area contributed by atoms with E-state index in [2.05, 4.69) is 29.2 Å². The highest BCUT2D eigenvalue weighted by Crippen LogP contribution is 2.26. The number of aromatic nitrogens is 3. The van der Waals surface area contributed by atoms with Crippen molar-refractivity contribution in [3.63, 3.8) is 0 Å². The minimum absolute atomic E-state index is 0.597. The van der Waals surface area contributed by atoms with Crippen LogP contribution in [0.5, 0.6) is 17.4 Å². The lowest BCUT2D eigenvalue weighted by Crippen LogP contribution is -2.02. The van der Waals surface area contributed by atoms with Crippen LogP contribution in [0.3, 0.4) is 0 Å². The van der Waals surface area contributed by atoms with E-state index in [1.54, 1.807) is 39.5 Å². The molecule has 31 heavy (non-hydrogen) atoms. The Bertz CT molecular complexity index is 840. The summed E-state index contributed by atoms with van der Waals surface area (Å²) in [4.78, 5) is 4.11. The molecule has 170 valence electrons. The van der Waals surface area contributed by atoms with Crippen LogP contribution in [0.4, 0.5) is 5.82 Å². The Kier molecular flexibility index (Phi) is 12.7. The summed E-state index contributed by atoms with van der Waals surface area (Å²) in [5.41, 5.74) is 1.92. The standard InChI is InChI=1S/C13H18N4OS.C8H10O2.C2H6/c1-4-14-12-9-11(16-17(12)19-5-2)10-6-7-15-13(8-10)18-3;1-9-7-5-3-4-6-8(7)10-2;1-2/h6-9,14H,4-5H2,1-3H3;3-6H,1-2H3;1-2H3. The molecule has 0 saturated heterocycles. The van der Waals surface area contributed by atoms with Crippen molar-refractivity contribution in [1.82, 2.24) is 14.2 Å². The minimum Gasteiger partial charge on any atom is -0.493 e. The first-order valence-corrected chi connectivity index (χ1v) is 11.3. The summed E-state index contributed by atoms with van der Waals surface area (Å²) in [5.74, 6) is 4.12. The maximum absolute atomic E-state index is 5.14. The maximum Gasteiger partial charge on any atom is 0.213 e. The second-order valence-electron chi connectivity index (χ2n) is 5.68. The minimum atomic E-state index is 0.597. The fraction of sp³-hybridized carbons (Fsp3) is 0.391. The van der Waals surface area contributed by atoms with Crippen molar-refractivity contribution in [3.8, 4) is 28.6 Å². The van der Waals surface area contributed by atoms with Gasteiger partial charge in [-0.1, -0.05) is 32.9 Å². The van der Waals surface area contributed by atoms with Gasteiger partial charge >= 0.3 is 0 Å². The molecule has 1 aromatic carbocycles. The van der Waals surface area contributed by atoms with Gasteiger partial charge < -0.3 is 19.5 Å². The summed E-state index contributed by atoms with van der Waals surface area (Å²) in [6.45, 7) is 9.05. The van der Waals surface area contributed by atoms with E-state index in [0.717, 1.165) is 40.9 Å². The Labute approximate surface area is 190 Å². The van der Waals surface area contributed by atoms with Gasteiger partial charge in [0, 0.05) is 36.2 Å². The first-order valence-electron chi connectivity index (χ1n) is 10.3. The number of pyridine rings is 1. The highest BCUT2D eigenvalue weighted by atomic mass is 32.2. The smallest absolute Gasteiger partial charge is 0.213 e. The van der Waals surface area contributed by atoms with E-state index in [9.17, 15) is 0 Å². The first-order chi connectivity index (χ1) is 15.2. The summed E-state index contributed by atoms with van der Waals surface area (Å²) in [7, 11) is 4.86. The van der Waals surface area contributed by atoms with Crippen LogP contribution in [0.1, 0.15) is 27.7 Å². The van der Waals surface area contributed by atoms with Crippen LogP contribution in [-0.2, 0) is 0 Å². The molecular weight excluding hydrogens is 412 g/mol. The number of benzene rings is 1. The quantitative estimate of drug-likeness (QED) is 0.481. The fourth-order valence-corrected chi connectivity index (χ4v) is 3.14. The van der Waals surface area contributed by atoms with Crippen molar-refractivity contribution in [2.45, 2.75) is 27.7 Å². The Hall–Kier alpha value is -2.87. The molecule has 0 aliphatic rings. The molecule has 0 spiro atoms. The van der Waals surface area contributed by atoms with Crippen molar-refractivity contribution >= 4 is 17.8 Å². The molecule has 0 aliphatic heterocycles. The van der Waals surface area contributed by atoms with E-state index >= 15 is 0 Å². The summed E-state index contributed by atoms with van der Waals surface area (Å²) in [6, 6.07) is 13.4. The third-order valence-electron chi connectivity index (χ3n) is 3.82. The second-order valence-corrected chi connectivity index (χ2v) is 6.86. The number of methoxy groups -OCH3 is 3. The highest BCUT2D eigenvalue weighted by Gasteiger charge is 2.10. The molecule has 0 amide bonds. The summed E-state index contributed by atoms with van der Waals surface area (Å²) in [5, 5.41) is 7.91. The van der Waals surface area contributed by atoms with Crippen LogP contribution in [0.15, 0.2) is 48.7 Å². The third kappa shape index (κ3) is 8.05. The molecule has 3 rings (SSSR count). The van der Waals surface area contributed by atoms with Gasteiger partial charge in [-0.2, -0.15) is 9.19 Å². The van der Waals surface area contributed by atoms with Crippen LogP contribution in [0.2, 0.25) is 0 Å². The monoisotopic (exact) mass is 446 g/mol. The predicted octanol–water partition coefficient (Wildman–Crippen LogP) is 5.63. The molecule has 0 saturated carbocycles. The van der Waals surface area contributed by atoms with Crippen molar-refractivity contribution in [2.24, 2.45) is 0 Å². The molecule has 0 atom stereocenters. The Balaban J connectivity index is 0.000000337. The lowest BCUT2D eigenvalue weighted by atomic mass is 10.2. The summed E-state index contributed by atoms with van der Waals surface area (Å²) in [6.07, 6.45) is 1.73. The van der Waals surface area contributed by atoms with Gasteiger partial charge in [0.15, 0.2) is 11.5 Å². The highest BCUT2D eigenvalue weighted by molar-refractivity contribution is 7.97. The normalized spacial score (nSPS) is 9.52. The molecule has 1 N–H and O–H groups in total. The zero-order chi connectivity index (χ0) is 23.1. The van der Waals surface area contributed by atoms with E-state index in [0.29, 0.717) is 5.88 Å². The Morgan fingerprint density at radius 1 is 0.935 bits per heavy atom. The molecule has 0 unspecified atom stereocenters. The molecule has 0 aliphatic carbocycles. The molecule has 2 aromatic heterocycles. The summed E-state index contributed by atoms with van der Waals surface area (Å²) < 4.78 is 17.1. The van der Waals surface area contributed by atoms with Gasteiger partial charge in [0.1, 0.15) is 5.82 Å². The van der Waals surface area contributed by atoms with Gasteiger partial charge in [-0.15, -0.1) is 0 Å². The molecular formula is C23H34N4O3S. The zero-order valence-electron chi connectivity index (χ0n) is 19.5. The van der Waals surface area contributed by atoms with Gasteiger partial charge in [0.05, 0.1) is 27.0 Å². The molecule has 3 aromatic rings. The van der Waals surface area contributed by atoms with Gasteiger partial charge in [-0.05, 0) is 37.1 Å². The number of hydrogen-bond donors (Lipinski definition) is 1. The Morgan fingerprint density at radius 3 is 2.10 bits per heavy atom. The lowest BCUT2D eigenvalue weighted by Gasteiger charge is -2.04. The number of rotatable bonds is 8. The van der Waals surface area contributed by atoms with Gasteiger partial charge in [-0.25, -0.2) is 4.98 Å². The molecule has 0 fully saturated rings. The van der Waals surface area contributed by atoms with Crippen LogP contribution in [0.25, 0.3) is 11.3 Å². The first kappa shape index (κ1) is 26.2. The number of para-hydroxylation sites is 2. The van der Waals surface area contributed by atoms with Crippen LogP contribution in [0, 0.1) is 0 Å². The second kappa shape index (κ2) is 15.0. The van der Waals surface area contributed by atoms with E-state index in [4.69, 9.17) is 14.2 Å². The van der Waals surface area contributed by atoms with E-state index in [1.165, 1.54) is 0 Å². The van der Waals surface area contributed by atoms with Crippen molar-refractivity contribution < 1.29 is 14.2 Å². The average Bonchev–Trinajstić information content (AvgIpc) is 3.23. The third-order valence-corrected chi connectivity index (χ3v) is 4.60.